The highest BCUT2D eigenvalue weighted by atomic mass is 79.9. The number of aliphatic hydroxyl groups excluding tert-OH is 1. The predicted molar refractivity (Wildman–Crippen MR) is 78.6 cm³/mol. The molecule has 7 heteroatoms. The molecule has 1 aromatic carbocycles. The smallest absolute Gasteiger partial charge is 0.270 e. The van der Waals surface area contributed by atoms with Crippen molar-refractivity contribution in [2.45, 2.75) is 20.3 Å². The first-order valence-electron chi connectivity index (χ1n) is 6.10. The van der Waals surface area contributed by atoms with Crippen molar-refractivity contribution in [2.75, 3.05) is 13.2 Å². The van der Waals surface area contributed by atoms with Crippen LogP contribution in [0.3, 0.4) is 0 Å². The number of hydrogen-bond acceptors (Lipinski definition) is 4. The van der Waals surface area contributed by atoms with E-state index < -0.39 is 4.92 Å². The molecule has 0 aliphatic heterocycles. The van der Waals surface area contributed by atoms with E-state index in [1.807, 2.05) is 13.8 Å². The molecule has 0 heterocycles. The van der Waals surface area contributed by atoms with Gasteiger partial charge in [-0.3, -0.25) is 14.9 Å². The molecule has 0 saturated carbocycles. The number of nitro groups is 1. The largest absolute Gasteiger partial charge is 0.396 e. The average Bonchev–Trinajstić information content (AvgIpc) is 2.35. The number of aliphatic hydroxyl groups is 1. The van der Waals surface area contributed by atoms with Crippen molar-refractivity contribution in [3.8, 4) is 0 Å². The SMILES string of the molecule is CC(C)(CCO)CNC(=O)c1ccc([N+](=O)[O-])cc1Br. The second-order valence-electron chi connectivity index (χ2n) is 5.24. The summed E-state index contributed by atoms with van der Waals surface area (Å²) in [5.74, 6) is -0.308. The van der Waals surface area contributed by atoms with Crippen LogP contribution in [0.2, 0.25) is 0 Å². The van der Waals surface area contributed by atoms with E-state index in [-0.39, 0.29) is 23.6 Å². The molecule has 0 atom stereocenters. The van der Waals surface area contributed by atoms with E-state index in [9.17, 15) is 14.9 Å². The van der Waals surface area contributed by atoms with Gasteiger partial charge in [-0.1, -0.05) is 13.8 Å². The van der Waals surface area contributed by atoms with Gasteiger partial charge in [-0.2, -0.15) is 0 Å². The molecule has 1 amide bonds. The van der Waals surface area contributed by atoms with E-state index in [0.29, 0.717) is 23.0 Å². The Hall–Kier alpha value is -1.47. The molecule has 2 N–H and O–H groups in total. The van der Waals surface area contributed by atoms with E-state index >= 15 is 0 Å². The number of carbonyl (C=O) groups excluding carboxylic acids is 1. The summed E-state index contributed by atoms with van der Waals surface area (Å²) < 4.78 is 0.379. The number of hydrogen-bond donors (Lipinski definition) is 2. The molecule has 0 spiro atoms. The third-order valence-corrected chi connectivity index (χ3v) is 3.58. The Morgan fingerprint density at radius 2 is 2.15 bits per heavy atom. The zero-order valence-corrected chi connectivity index (χ0v) is 12.9. The van der Waals surface area contributed by atoms with Crippen molar-refractivity contribution in [3.05, 3.63) is 38.3 Å². The lowest BCUT2D eigenvalue weighted by atomic mass is 9.89. The highest BCUT2D eigenvalue weighted by Gasteiger charge is 2.20. The Morgan fingerprint density at radius 1 is 1.50 bits per heavy atom. The first-order valence-corrected chi connectivity index (χ1v) is 6.89. The first kappa shape index (κ1) is 16.6. The highest BCUT2D eigenvalue weighted by molar-refractivity contribution is 9.10. The van der Waals surface area contributed by atoms with Crippen molar-refractivity contribution in [2.24, 2.45) is 5.41 Å². The van der Waals surface area contributed by atoms with Crippen molar-refractivity contribution >= 4 is 27.5 Å². The molecular formula is C13H17BrN2O4. The zero-order valence-electron chi connectivity index (χ0n) is 11.4. The minimum atomic E-state index is -0.517. The van der Waals surface area contributed by atoms with Gasteiger partial charge in [-0.25, -0.2) is 0 Å². The predicted octanol–water partition coefficient (Wildman–Crippen LogP) is 2.50. The number of nitro benzene ring substituents is 1. The van der Waals surface area contributed by atoms with Crippen molar-refractivity contribution in [3.63, 3.8) is 0 Å². The minimum absolute atomic E-state index is 0.0596. The fourth-order valence-corrected chi connectivity index (χ4v) is 2.15. The van der Waals surface area contributed by atoms with Crippen LogP contribution >= 0.6 is 15.9 Å². The van der Waals surface area contributed by atoms with Gasteiger partial charge in [0.05, 0.1) is 10.5 Å². The van der Waals surface area contributed by atoms with Crippen molar-refractivity contribution in [1.82, 2.24) is 5.32 Å². The molecule has 0 aromatic heterocycles. The maximum Gasteiger partial charge on any atom is 0.270 e. The number of halogens is 1. The quantitative estimate of drug-likeness (QED) is 0.612. The molecule has 0 aliphatic carbocycles. The van der Waals surface area contributed by atoms with Crippen LogP contribution < -0.4 is 5.32 Å². The summed E-state index contributed by atoms with van der Waals surface area (Å²) in [6.45, 7) is 4.35. The van der Waals surface area contributed by atoms with Crippen molar-refractivity contribution in [1.29, 1.82) is 0 Å². The summed E-state index contributed by atoms with van der Waals surface area (Å²) >= 11 is 3.16. The topological polar surface area (TPSA) is 92.5 Å². The van der Waals surface area contributed by atoms with E-state index in [2.05, 4.69) is 21.2 Å². The van der Waals surface area contributed by atoms with Gasteiger partial charge < -0.3 is 10.4 Å². The number of nitrogens with one attached hydrogen (secondary N) is 1. The maximum atomic E-state index is 12.0. The summed E-state index contributed by atoms with van der Waals surface area (Å²) in [7, 11) is 0. The average molecular weight is 345 g/mol. The third kappa shape index (κ3) is 4.57. The highest BCUT2D eigenvalue weighted by Crippen LogP contribution is 2.23. The first-order chi connectivity index (χ1) is 9.26. The Bertz CT molecular complexity index is 517. The van der Waals surface area contributed by atoms with Crippen LogP contribution in [-0.4, -0.2) is 29.1 Å². The second-order valence-corrected chi connectivity index (χ2v) is 6.10. The molecule has 0 aliphatic rings. The van der Waals surface area contributed by atoms with Crippen LogP contribution in [0.5, 0.6) is 0 Å². The summed E-state index contributed by atoms with van der Waals surface area (Å²) in [4.78, 5) is 22.1. The van der Waals surface area contributed by atoms with Crippen LogP contribution in [0.25, 0.3) is 0 Å². The lowest BCUT2D eigenvalue weighted by Crippen LogP contribution is -2.34. The van der Waals surface area contributed by atoms with E-state index in [1.165, 1.54) is 18.2 Å². The second kappa shape index (κ2) is 6.81. The summed E-state index contributed by atoms with van der Waals surface area (Å²) in [5, 5.41) is 22.3. The molecule has 0 unspecified atom stereocenters. The Balaban J connectivity index is 2.76. The van der Waals surface area contributed by atoms with Crippen molar-refractivity contribution < 1.29 is 14.8 Å². The third-order valence-electron chi connectivity index (χ3n) is 2.92. The summed E-state index contributed by atoms with van der Waals surface area (Å²) in [6, 6.07) is 4.00. The number of nitrogens with zero attached hydrogens (tertiary/aromatic N) is 1. The van der Waals surface area contributed by atoms with Gasteiger partial charge in [0.25, 0.3) is 11.6 Å². The van der Waals surface area contributed by atoms with Gasteiger partial charge in [-0.15, -0.1) is 0 Å². The number of non-ortho nitro benzene ring substituents is 1. The van der Waals surface area contributed by atoms with Crippen LogP contribution in [-0.2, 0) is 0 Å². The van der Waals surface area contributed by atoms with Gasteiger partial charge >= 0.3 is 0 Å². The van der Waals surface area contributed by atoms with Gasteiger partial charge in [-0.05, 0) is 33.8 Å². The lowest BCUT2D eigenvalue weighted by molar-refractivity contribution is -0.384. The normalized spacial score (nSPS) is 11.2. The molecule has 0 bridgehead atoms. The fraction of sp³-hybridized carbons (Fsp3) is 0.462. The van der Waals surface area contributed by atoms with Gasteiger partial charge in [0.2, 0.25) is 0 Å². The number of carbonyl (C=O) groups is 1. The van der Waals surface area contributed by atoms with Gasteiger partial charge in [0.15, 0.2) is 0 Å². The summed E-state index contributed by atoms with van der Waals surface area (Å²) in [6.07, 6.45) is 0.578. The van der Waals surface area contributed by atoms with Gasteiger partial charge in [0, 0.05) is 29.8 Å². The minimum Gasteiger partial charge on any atom is -0.396 e. The van der Waals surface area contributed by atoms with E-state index in [0.717, 1.165) is 0 Å². The lowest BCUT2D eigenvalue weighted by Gasteiger charge is -2.23. The van der Waals surface area contributed by atoms with Gasteiger partial charge in [0.1, 0.15) is 0 Å². The zero-order chi connectivity index (χ0) is 15.3. The maximum absolute atomic E-state index is 12.0. The molecule has 0 saturated heterocycles. The molecule has 1 rings (SSSR count). The summed E-state index contributed by atoms with van der Waals surface area (Å²) in [5.41, 5.74) is 0.0573. The van der Waals surface area contributed by atoms with Crippen LogP contribution in [0, 0.1) is 15.5 Å². The monoisotopic (exact) mass is 344 g/mol. The number of rotatable bonds is 6. The Kier molecular flexibility index (Phi) is 5.64. The molecule has 6 nitrogen and oxygen atoms in total. The van der Waals surface area contributed by atoms with Crippen LogP contribution in [0.4, 0.5) is 5.69 Å². The van der Waals surface area contributed by atoms with Crippen LogP contribution in [0.1, 0.15) is 30.6 Å². The molecule has 20 heavy (non-hydrogen) atoms. The van der Waals surface area contributed by atoms with Crippen LogP contribution in [0.15, 0.2) is 22.7 Å². The molecular weight excluding hydrogens is 328 g/mol. The fourth-order valence-electron chi connectivity index (χ4n) is 1.61. The molecule has 0 fully saturated rings. The number of amides is 1. The standard InChI is InChI=1S/C13H17BrN2O4/c1-13(2,5-6-17)8-15-12(18)10-4-3-9(16(19)20)7-11(10)14/h3-4,7,17H,5-6,8H2,1-2H3,(H,15,18). The number of benzene rings is 1. The molecule has 110 valence electrons. The van der Waals surface area contributed by atoms with E-state index in [1.54, 1.807) is 0 Å². The molecule has 1 aromatic rings. The Morgan fingerprint density at radius 3 is 2.65 bits per heavy atom. The molecule has 0 radical (unpaired) electrons. The Labute approximate surface area is 125 Å². The van der Waals surface area contributed by atoms with E-state index in [4.69, 9.17) is 5.11 Å².